The van der Waals surface area contributed by atoms with Crippen molar-refractivity contribution < 1.29 is 5.11 Å². The summed E-state index contributed by atoms with van der Waals surface area (Å²) in [6, 6.07) is 0.314. The van der Waals surface area contributed by atoms with E-state index in [2.05, 4.69) is 35.6 Å². The van der Waals surface area contributed by atoms with Crippen molar-refractivity contribution in [1.82, 2.24) is 9.97 Å². The van der Waals surface area contributed by atoms with Gasteiger partial charge in [0.2, 0.25) is 0 Å². The Morgan fingerprint density at radius 1 is 1.32 bits per heavy atom. The quantitative estimate of drug-likeness (QED) is 0.788. The van der Waals surface area contributed by atoms with Crippen LogP contribution in [0.1, 0.15) is 45.0 Å². The summed E-state index contributed by atoms with van der Waals surface area (Å²) < 4.78 is 0. The third-order valence-corrected chi connectivity index (χ3v) is 3.13. The van der Waals surface area contributed by atoms with Gasteiger partial charge in [0, 0.05) is 31.2 Å². The Bertz CT molecular complexity index is 407. The molecule has 0 aliphatic rings. The summed E-state index contributed by atoms with van der Waals surface area (Å²) >= 11 is 0. The molecule has 1 aromatic heterocycles. The third kappa shape index (κ3) is 4.06. The maximum Gasteiger partial charge on any atom is 0.137 e. The highest BCUT2D eigenvalue weighted by Crippen LogP contribution is 2.24. The molecule has 108 valence electrons. The monoisotopic (exact) mass is 266 g/mol. The molecular weight excluding hydrogens is 240 g/mol. The van der Waals surface area contributed by atoms with E-state index in [4.69, 9.17) is 10.8 Å². The molecule has 0 fully saturated rings. The lowest BCUT2D eigenvalue weighted by atomic mass is 10.2. The van der Waals surface area contributed by atoms with Crippen LogP contribution in [0.5, 0.6) is 0 Å². The van der Waals surface area contributed by atoms with E-state index >= 15 is 0 Å². The predicted octanol–water partition coefficient (Wildman–Crippen LogP) is 1.92. The molecule has 0 radical (unpaired) electrons. The summed E-state index contributed by atoms with van der Waals surface area (Å²) in [7, 11) is 0. The first-order valence-corrected chi connectivity index (χ1v) is 7.01. The van der Waals surface area contributed by atoms with E-state index in [1.165, 1.54) is 0 Å². The lowest BCUT2D eigenvalue weighted by Gasteiger charge is -2.29. The highest BCUT2D eigenvalue weighted by atomic mass is 16.3. The molecule has 5 heteroatoms. The second-order valence-electron chi connectivity index (χ2n) is 5.09. The summed E-state index contributed by atoms with van der Waals surface area (Å²) in [5.74, 6) is 2.26. The van der Waals surface area contributed by atoms with Crippen molar-refractivity contribution >= 4 is 11.6 Å². The normalized spacial score (nSPS) is 11.1. The van der Waals surface area contributed by atoms with Gasteiger partial charge in [0.25, 0.3) is 0 Å². The van der Waals surface area contributed by atoms with Crippen LogP contribution in [0, 0.1) is 6.92 Å². The smallest absolute Gasteiger partial charge is 0.137 e. The Balaban J connectivity index is 3.12. The van der Waals surface area contributed by atoms with Crippen LogP contribution in [0.4, 0.5) is 11.6 Å². The van der Waals surface area contributed by atoms with Crippen LogP contribution in [0.15, 0.2) is 0 Å². The highest BCUT2D eigenvalue weighted by molar-refractivity contribution is 5.56. The number of rotatable bonds is 7. The first-order valence-electron chi connectivity index (χ1n) is 7.01. The van der Waals surface area contributed by atoms with Gasteiger partial charge in [0.1, 0.15) is 17.5 Å². The maximum atomic E-state index is 9.02. The Morgan fingerprint density at radius 3 is 2.53 bits per heavy atom. The number of hydrogen-bond acceptors (Lipinski definition) is 5. The Morgan fingerprint density at radius 2 is 2.00 bits per heavy atom. The standard InChI is InChI=1S/C14H26N4O/c1-5-7-12-16-13(15)11(4)14(17-12)18(10(2)3)8-6-9-19/h10,19H,5-9H2,1-4H3,(H2,15,16,17). The molecule has 1 rings (SSSR count). The van der Waals surface area contributed by atoms with Crippen LogP contribution in [-0.4, -0.2) is 34.3 Å². The van der Waals surface area contributed by atoms with Gasteiger partial charge in [-0.1, -0.05) is 6.92 Å². The second-order valence-corrected chi connectivity index (χ2v) is 5.09. The van der Waals surface area contributed by atoms with E-state index in [-0.39, 0.29) is 6.61 Å². The molecule has 0 atom stereocenters. The number of aliphatic hydroxyl groups excluding tert-OH is 1. The van der Waals surface area contributed by atoms with Crippen LogP contribution >= 0.6 is 0 Å². The van der Waals surface area contributed by atoms with Crippen LogP contribution in [0.2, 0.25) is 0 Å². The zero-order valence-corrected chi connectivity index (χ0v) is 12.5. The van der Waals surface area contributed by atoms with E-state index in [0.717, 1.165) is 43.0 Å². The average molecular weight is 266 g/mol. The number of nitrogen functional groups attached to an aromatic ring is 1. The number of nitrogens with two attached hydrogens (primary N) is 1. The molecule has 0 aromatic carbocycles. The van der Waals surface area contributed by atoms with Crippen molar-refractivity contribution in [3.05, 3.63) is 11.4 Å². The average Bonchev–Trinajstić information content (AvgIpc) is 2.35. The van der Waals surface area contributed by atoms with E-state index < -0.39 is 0 Å². The van der Waals surface area contributed by atoms with Crippen LogP contribution in [-0.2, 0) is 6.42 Å². The van der Waals surface area contributed by atoms with Crippen molar-refractivity contribution in [3.8, 4) is 0 Å². The van der Waals surface area contributed by atoms with Gasteiger partial charge in [-0.15, -0.1) is 0 Å². The van der Waals surface area contributed by atoms with E-state index in [1.54, 1.807) is 0 Å². The molecule has 19 heavy (non-hydrogen) atoms. The molecule has 0 amide bonds. The van der Waals surface area contributed by atoms with Crippen molar-refractivity contribution in [2.24, 2.45) is 0 Å². The first kappa shape index (κ1) is 15.7. The fourth-order valence-electron chi connectivity index (χ4n) is 2.03. The predicted molar refractivity (Wildman–Crippen MR) is 79.4 cm³/mol. The van der Waals surface area contributed by atoms with Crippen LogP contribution in [0.25, 0.3) is 0 Å². The molecule has 0 saturated heterocycles. The van der Waals surface area contributed by atoms with Gasteiger partial charge in [0.05, 0.1) is 0 Å². The maximum absolute atomic E-state index is 9.02. The summed E-state index contributed by atoms with van der Waals surface area (Å²) in [4.78, 5) is 11.2. The lowest BCUT2D eigenvalue weighted by molar-refractivity contribution is 0.288. The molecule has 0 bridgehead atoms. The molecule has 1 heterocycles. The molecule has 0 saturated carbocycles. The summed E-state index contributed by atoms with van der Waals surface area (Å²) in [5.41, 5.74) is 6.91. The topological polar surface area (TPSA) is 75.3 Å². The molecular formula is C14H26N4O. The third-order valence-electron chi connectivity index (χ3n) is 3.13. The molecule has 0 aliphatic heterocycles. The van der Waals surface area contributed by atoms with E-state index in [0.29, 0.717) is 11.9 Å². The number of aliphatic hydroxyl groups is 1. The zero-order valence-electron chi connectivity index (χ0n) is 12.5. The van der Waals surface area contributed by atoms with Gasteiger partial charge in [-0.25, -0.2) is 9.97 Å². The molecule has 0 unspecified atom stereocenters. The molecule has 0 spiro atoms. The number of hydrogen-bond donors (Lipinski definition) is 2. The molecule has 5 nitrogen and oxygen atoms in total. The van der Waals surface area contributed by atoms with Crippen molar-refractivity contribution in [2.45, 2.75) is 53.0 Å². The number of anilines is 2. The Kier molecular flexibility index (Phi) is 6.02. The summed E-state index contributed by atoms with van der Waals surface area (Å²) in [5, 5.41) is 9.02. The highest BCUT2D eigenvalue weighted by Gasteiger charge is 2.17. The lowest BCUT2D eigenvalue weighted by Crippen LogP contribution is -2.34. The van der Waals surface area contributed by atoms with Gasteiger partial charge in [0.15, 0.2) is 0 Å². The number of nitrogens with zero attached hydrogens (tertiary/aromatic N) is 3. The van der Waals surface area contributed by atoms with Gasteiger partial charge >= 0.3 is 0 Å². The zero-order chi connectivity index (χ0) is 14.4. The number of aromatic nitrogens is 2. The minimum absolute atomic E-state index is 0.185. The Labute approximate surface area is 115 Å². The largest absolute Gasteiger partial charge is 0.396 e. The van der Waals surface area contributed by atoms with Crippen molar-refractivity contribution in [3.63, 3.8) is 0 Å². The van der Waals surface area contributed by atoms with Gasteiger partial charge in [-0.2, -0.15) is 0 Å². The first-order chi connectivity index (χ1) is 9.01. The molecule has 0 aliphatic carbocycles. The van der Waals surface area contributed by atoms with Gasteiger partial charge < -0.3 is 15.7 Å². The van der Waals surface area contributed by atoms with E-state index in [9.17, 15) is 0 Å². The van der Waals surface area contributed by atoms with Gasteiger partial charge in [-0.3, -0.25) is 0 Å². The molecule has 3 N–H and O–H groups in total. The summed E-state index contributed by atoms with van der Waals surface area (Å²) in [6.07, 6.45) is 2.56. The fraction of sp³-hybridized carbons (Fsp3) is 0.714. The van der Waals surface area contributed by atoms with Crippen molar-refractivity contribution in [2.75, 3.05) is 23.8 Å². The van der Waals surface area contributed by atoms with Crippen LogP contribution < -0.4 is 10.6 Å². The molecule has 1 aromatic rings. The van der Waals surface area contributed by atoms with Crippen molar-refractivity contribution in [1.29, 1.82) is 0 Å². The van der Waals surface area contributed by atoms with Gasteiger partial charge in [-0.05, 0) is 33.6 Å². The SMILES string of the molecule is CCCc1nc(N)c(C)c(N(CCCO)C(C)C)n1. The fourth-order valence-corrected chi connectivity index (χ4v) is 2.03. The number of aryl methyl sites for hydroxylation is 1. The minimum atomic E-state index is 0.185. The minimum Gasteiger partial charge on any atom is -0.396 e. The Hall–Kier alpha value is -1.36. The van der Waals surface area contributed by atoms with Crippen LogP contribution in [0.3, 0.4) is 0 Å². The summed E-state index contributed by atoms with van der Waals surface area (Å²) in [6.45, 7) is 9.25. The second kappa shape index (κ2) is 7.28. The van der Waals surface area contributed by atoms with E-state index in [1.807, 2.05) is 6.92 Å².